The molecule has 0 spiro atoms. The number of hydrogen-bond donors (Lipinski definition) is 0. The van der Waals surface area contributed by atoms with Crippen LogP contribution in [-0.2, 0) is 41.5 Å². The van der Waals surface area contributed by atoms with E-state index in [-0.39, 0.29) is 35.6 Å². The van der Waals surface area contributed by atoms with Gasteiger partial charge in [-0.2, -0.15) is 47.0 Å². The third kappa shape index (κ3) is 10.6. The average Bonchev–Trinajstić information content (AvgIpc) is 3.42. The summed E-state index contributed by atoms with van der Waals surface area (Å²) in [5.41, 5.74) is 10.2. The second kappa shape index (κ2) is 15.2. The Hall–Kier alpha value is -0.660. The van der Waals surface area contributed by atoms with E-state index in [1.54, 1.807) is 32.6 Å². The molecule has 4 heteroatoms. The quantitative estimate of drug-likeness (QED) is 0.214. The molecular formula is C36H50Cl2SiZr-2. The predicted molar refractivity (Wildman–Crippen MR) is 169 cm³/mol. The van der Waals surface area contributed by atoms with Crippen LogP contribution in [0.15, 0.2) is 48.5 Å². The van der Waals surface area contributed by atoms with Gasteiger partial charge in [0, 0.05) is 8.07 Å². The summed E-state index contributed by atoms with van der Waals surface area (Å²) >= 11 is 1.69. The van der Waals surface area contributed by atoms with E-state index in [1.165, 1.54) is 71.0 Å². The molecule has 0 heterocycles. The average molecular weight is 673 g/mol. The molecule has 2 aliphatic carbocycles. The summed E-state index contributed by atoms with van der Waals surface area (Å²) in [5, 5.41) is 1.57. The second-order valence-electron chi connectivity index (χ2n) is 14.4. The number of fused-ring (bicyclic) bond motifs is 3. The summed E-state index contributed by atoms with van der Waals surface area (Å²) in [6.07, 6.45) is 8.34. The fourth-order valence-corrected chi connectivity index (χ4v) is 7.11. The van der Waals surface area contributed by atoms with Gasteiger partial charge in [-0.1, -0.05) is 103 Å². The summed E-state index contributed by atoms with van der Waals surface area (Å²) < 4.78 is 1.80. The van der Waals surface area contributed by atoms with E-state index in [0.717, 1.165) is 6.42 Å². The van der Waals surface area contributed by atoms with Gasteiger partial charge in [-0.05, 0) is 17.4 Å². The Morgan fingerprint density at radius 2 is 1.38 bits per heavy atom. The van der Waals surface area contributed by atoms with Crippen LogP contribution in [0.2, 0.25) is 19.6 Å². The molecule has 0 saturated heterocycles. The first kappa shape index (κ1) is 37.4. The van der Waals surface area contributed by atoms with Crippen LogP contribution in [0.25, 0.3) is 11.1 Å². The Morgan fingerprint density at radius 3 is 1.80 bits per heavy atom. The zero-order valence-electron chi connectivity index (χ0n) is 26.6. The molecule has 0 radical (unpaired) electrons. The van der Waals surface area contributed by atoms with Gasteiger partial charge in [-0.25, -0.2) is 11.3 Å². The summed E-state index contributed by atoms with van der Waals surface area (Å²) in [5.74, 6) is 0. The van der Waals surface area contributed by atoms with Crippen molar-refractivity contribution in [2.75, 3.05) is 0 Å². The minimum absolute atomic E-state index is 0. The first-order chi connectivity index (χ1) is 17.6. The molecule has 0 aliphatic heterocycles. The molecule has 5 rings (SSSR count). The number of halogens is 2. The molecule has 0 aromatic heterocycles. The summed E-state index contributed by atoms with van der Waals surface area (Å²) in [7, 11) is -1.01. The Morgan fingerprint density at radius 1 is 0.800 bits per heavy atom. The van der Waals surface area contributed by atoms with Crippen molar-refractivity contribution in [3.63, 3.8) is 0 Å². The van der Waals surface area contributed by atoms with E-state index in [4.69, 9.17) is 0 Å². The van der Waals surface area contributed by atoms with Gasteiger partial charge in [-0.15, -0.1) is 5.56 Å². The normalized spacial score (nSPS) is 14.3. The van der Waals surface area contributed by atoms with E-state index in [1.807, 2.05) is 0 Å². The molecule has 3 aromatic carbocycles. The number of hydrogen-bond acceptors (Lipinski definition) is 0. The summed E-state index contributed by atoms with van der Waals surface area (Å²) in [6, 6.07) is 21.8. The molecule has 0 bridgehead atoms. The van der Waals surface area contributed by atoms with Crippen molar-refractivity contribution >= 4 is 16.5 Å². The van der Waals surface area contributed by atoms with Crippen LogP contribution in [0.3, 0.4) is 0 Å². The van der Waals surface area contributed by atoms with Crippen LogP contribution in [-0.4, -0.2) is 11.3 Å². The molecule has 0 amide bonds. The number of rotatable bonds is 1. The van der Waals surface area contributed by atoms with Crippen molar-refractivity contribution in [2.45, 2.75) is 117 Å². The van der Waals surface area contributed by atoms with Gasteiger partial charge >= 0.3 is 59.5 Å². The zero-order chi connectivity index (χ0) is 28.3. The van der Waals surface area contributed by atoms with Crippen molar-refractivity contribution in [3.05, 3.63) is 82.4 Å². The SMILES string of the molecule is CC(C)(C)c1c[c-]c2c(c1)-c1cc(C(C)(C)C)ccc1C2.Cc1cc([Si](C)(C)C)c[cH-]1.[Cl-].[Cl-].[Zr+2]=[C]1CCCCC1. The van der Waals surface area contributed by atoms with Gasteiger partial charge in [0.05, 0.1) is 0 Å². The molecule has 1 saturated carbocycles. The fourth-order valence-electron chi connectivity index (χ4n) is 4.99. The van der Waals surface area contributed by atoms with Gasteiger partial charge in [-0.3, -0.25) is 0 Å². The van der Waals surface area contributed by atoms with E-state index < -0.39 is 8.07 Å². The van der Waals surface area contributed by atoms with Gasteiger partial charge in [0.2, 0.25) is 0 Å². The van der Waals surface area contributed by atoms with Crippen LogP contribution >= 0.6 is 0 Å². The predicted octanol–water partition coefficient (Wildman–Crippen LogP) is 3.59. The Labute approximate surface area is 274 Å². The van der Waals surface area contributed by atoms with Gasteiger partial charge in [0.25, 0.3) is 0 Å². The Kier molecular flexibility index (Phi) is 14.2. The van der Waals surface area contributed by atoms with Crippen LogP contribution in [0.4, 0.5) is 0 Å². The minimum atomic E-state index is -1.01. The molecule has 0 unspecified atom stereocenters. The maximum absolute atomic E-state index is 3.53. The maximum atomic E-state index is 3.53. The summed E-state index contributed by atoms with van der Waals surface area (Å²) in [6.45, 7) is 22.9. The topological polar surface area (TPSA) is 0 Å². The van der Waals surface area contributed by atoms with E-state index >= 15 is 0 Å². The van der Waals surface area contributed by atoms with E-state index in [9.17, 15) is 0 Å². The Balaban J connectivity index is 0.000000351. The number of benzene rings is 2. The second-order valence-corrected chi connectivity index (χ2v) is 21.2. The third-order valence-corrected chi connectivity index (χ3v) is 11.0. The van der Waals surface area contributed by atoms with Crippen LogP contribution in [0.1, 0.15) is 101 Å². The first-order valence-electron chi connectivity index (χ1n) is 14.5. The van der Waals surface area contributed by atoms with Gasteiger partial charge in [0.1, 0.15) is 0 Å². The molecule has 0 N–H and O–H groups in total. The van der Waals surface area contributed by atoms with E-state index in [2.05, 4.69) is 123 Å². The zero-order valence-corrected chi connectivity index (χ0v) is 31.6. The first-order valence-corrected chi connectivity index (χ1v) is 19.3. The molecule has 0 atom stereocenters. The van der Waals surface area contributed by atoms with Crippen LogP contribution in [0, 0.1) is 13.0 Å². The Bertz CT molecular complexity index is 1180. The molecule has 1 fully saturated rings. The molecule has 40 heavy (non-hydrogen) atoms. The monoisotopic (exact) mass is 670 g/mol. The molecule has 218 valence electrons. The van der Waals surface area contributed by atoms with Crippen molar-refractivity contribution in [1.82, 2.24) is 0 Å². The molecular weight excluding hydrogens is 623 g/mol. The van der Waals surface area contributed by atoms with Crippen molar-refractivity contribution in [3.8, 4) is 11.1 Å². The fraction of sp³-hybridized carbons (Fsp3) is 0.500. The van der Waals surface area contributed by atoms with Crippen LogP contribution < -0.4 is 30.0 Å². The van der Waals surface area contributed by atoms with Gasteiger partial charge in [0.15, 0.2) is 0 Å². The molecule has 2 aliphatic rings. The number of aryl methyl sites for hydroxylation is 1. The standard InChI is InChI=1S/C21H25.C9H15Si.C6H10.2ClH.Zr/c1-20(2,3)16-9-7-14-11-15-8-10-17(21(4,5)6)13-19(15)18(14)12-16;1-8-5-6-9(7-8)10(2,3)4;1-2-4-6-5-3-1;;;/h7,9-10,12-13H,11H2,1-6H3;5-7H,1-4H3;1-5H2;2*1H;/q2*-1;;;;+2/p-2. The molecule has 3 aromatic rings. The van der Waals surface area contributed by atoms with E-state index in [0.29, 0.717) is 0 Å². The third-order valence-electron chi connectivity index (χ3n) is 7.76. The van der Waals surface area contributed by atoms with Crippen molar-refractivity contribution < 1.29 is 49.0 Å². The molecule has 0 nitrogen and oxygen atoms in total. The van der Waals surface area contributed by atoms with Gasteiger partial charge < -0.3 is 24.8 Å². The van der Waals surface area contributed by atoms with Crippen molar-refractivity contribution in [2.24, 2.45) is 0 Å². The van der Waals surface area contributed by atoms with Crippen LogP contribution in [0.5, 0.6) is 0 Å². The van der Waals surface area contributed by atoms with Crippen molar-refractivity contribution in [1.29, 1.82) is 0 Å². The summed E-state index contributed by atoms with van der Waals surface area (Å²) in [4.78, 5) is 0.